The minimum atomic E-state index is 0.0241. The molecule has 2 N–H and O–H groups in total. The van der Waals surface area contributed by atoms with E-state index in [0.29, 0.717) is 18.2 Å². The van der Waals surface area contributed by atoms with Crippen molar-refractivity contribution in [1.29, 1.82) is 0 Å². The summed E-state index contributed by atoms with van der Waals surface area (Å²) in [7, 11) is 0. The molecule has 0 bridgehead atoms. The van der Waals surface area contributed by atoms with Gasteiger partial charge in [0.25, 0.3) is 0 Å². The molecule has 1 saturated heterocycles. The predicted octanol–water partition coefficient (Wildman–Crippen LogP) is 1.19. The Morgan fingerprint density at radius 3 is 3.24 bits per heavy atom. The van der Waals surface area contributed by atoms with Crippen LogP contribution in [0.4, 0.5) is 5.82 Å². The number of piperidine rings is 1. The Morgan fingerprint density at radius 1 is 1.59 bits per heavy atom. The van der Waals surface area contributed by atoms with Gasteiger partial charge in [-0.2, -0.15) is 5.10 Å². The number of rotatable bonds is 4. The average Bonchev–Trinajstić information content (AvgIpc) is 2.39. The van der Waals surface area contributed by atoms with Crippen LogP contribution in [-0.2, 0) is 4.79 Å². The van der Waals surface area contributed by atoms with E-state index in [9.17, 15) is 4.79 Å². The van der Waals surface area contributed by atoms with Crippen molar-refractivity contribution in [2.24, 2.45) is 5.92 Å². The molecule has 1 aromatic rings. The van der Waals surface area contributed by atoms with Crippen LogP contribution < -0.4 is 10.6 Å². The van der Waals surface area contributed by atoms with Crippen molar-refractivity contribution < 1.29 is 4.79 Å². The molecule has 2 rings (SSSR count). The lowest BCUT2D eigenvalue weighted by Crippen LogP contribution is -2.30. The summed E-state index contributed by atoms with van der Waals surface area (Å²) in [6, 6.07) is 3.50. The van der Waals surface area contributed by atoms with Gasteiger partial charge in [-0.15, -0.1) is 5.10 Å². The van der Waals surface area contributed by atoms with Gasteiger partial charge in [0.2, 0.25) is 5.91 Å². The van der Waals surface area contributed by atoms with E-state index < -0.39 is 0 Å². The molecule has 1 aromatic heterocycles. The number of nitrogens with zero attached hydrogens (tertiary/aromatic N) is 2. The zero-order valence-corrected chi connectivity index (χ0v) is 9.85. The van der Waals surface area contributed by atoms with Crippen molar-refractivity contribution >= 4 is 11.7 Å². The third-order valence-corrected chi connectivity index (χ3v) is 3.02. The number of hydrogen-bond donors (Lipinski definition) is 2. The van der Waals surface area contributed by atoms with Crippen LogP contribution in [0.2, 0.25) is 0 Å². The van der Waals surface area contributed by atoms with E-state index in [1.54, 1.807) is 18.3 Å². The summed E-state index contributed by atoms with van der Waals surface area (Å²) < 4.78 is 0. The van der Waals surface area contributed by atoms with E-state index in [1.165, 1.54) is 12.8 Å². The quantitative estimate of drug-likeness (QED) is 0.821. The Kier molecular flexibility index (Phi) is 4.44. The van der Waals surface area contributed by atoms with Gasteiger partial charge in [0, 0.05) is 12.6 Å². The second-order valence-corrected chi connectivity index (χ2v) is 4.41. The third kappa shape index (κ3) is 4.11. The van der Waals surface area contributed by atoms with Crippen LogP contribution in [0.1, 0.15) is 25.7 Å². The molecule has 0 spiro atoms. The van der Waals surface area contributed by atoms with E-state index in [1.807, 2.05) is 0 Å². The first-order valence-corrected chi connectivity index (χ1v) is 6.13. The minimum absolute atomic E-state index is 0.0241. The molecule has 17 heavy (non-hydrogen) atoms. The lowest BCUT2D eigenvalue weighted by atomic mass is 9.94. The molecule has 0 aliphatic carbocycles. The molecular formula is C12H18N4O. The van der Waals surface area contributed by atoms with Crippen LogP contribution in [0.15, 0.2) is 18.3 Å². The van der Waals surface area contributed by atoms with Crippen molar-refractivity contribution in [3.8, 4) is 0 Å². The Bertz CT molecular complexity index is 349. The highest BCUT2D eigenvalue weighted by atomic mass is 16.1. The summed E-state index contributed by atoms with van der Waals surface area (Å²) in [5.41, 5.74) is 0. The second-order valence-electron chi connectivity index (χ2n) is 4.41. The normalized spacial score (nSPS) is 19.9. The fourth-order valence-corrected chi connectivity index (χ4v) is 2.08. The molecule has 2 heterocycles. The smallest absolute Gasteiger partial charge is 0.225 e. The number of aromatic nitrogens is 2. The van der Waals surface area contributed by atoms with Crippen LogP contribution >= 0.6 is 0 Å². The van der Waals surface area contributed by atoms with E-state index in [4.69, 9.17) is 0 Å². The summed E-state index contributed by atoms with van der Waals surface area (Å²) in [5, 5.41) is 13.6. The largest absolute Gasteiger partial charge is 0.316 e. The fourth-order valence-electron chi connectivity index (χ4n) is 2.08. The van der Waals surface area contributed by atoms with E-state index in [0.717, 1.165) is 19.5 Å². The average molecular weight is 234 g/mol. The summed E-state index contributed by atoms with van der Waals surface area (Å²) in [4.78, 5) is 11.7. The minimum Gasteiger partial charge on any atom is -0.316 e. The van der Waals surface area contributed by atoms with Gasteiger partial charge < -0.3 is 10.6 Å². The van der Waals surface area contributed by atoms with Gasteiger partial charge in [-0.25, -0.2) is 0 Å². The number of anilines is 1. The van der Waals surface area contributed by atoms with Crippen molar-refractivity contribution in [3.63, 3.8) is 0 Å². The van der Waals surface area contributed by atoms with Gasteiger partial charge >= 0.3 is 0 Å². The maximum Gasteiger partial charge on any atom is 0.225 e. The molecule has 1 fully saturated rings. The first kappa shape index (κ1) is 12.0. The summed E-state index contributed by atoms with van der Waals surface area (Å²) in [5.74, 6) is 1.19. The maximum atomic E-state index is 11.7. The first-order valence-electron chi connectivity index (χ1n) is 6.13. The second kappa shape index (κ2) is 6.30. The van der Waals surface area contributed by atoms with Gasteiger partial charge in [0.15, 0.2) is 5.82 Å². The number of nitrogens with one attached hydrogen (secondary N) is 2. The third-order valence-electron chi connectivity index (χ3n) is 3.02. The highest BCUT2D eigenvalue weighted by Crippen LogP contribution is 2.16. The molecule has 92 valence electrons. The first-order chi connectivity index (χ1) is 8.34. The van der Waals surface area contributed by atoms with E-state index >= 15 is 0 Å². The number of amides is 1. The molecule has 1 aliphatic rings. The molecule has 1 unspecified atom stereocenters. The molecule has 1 atom stereocenters. The van der Waals surface area contributed by atoms with Crippen LogP contribution in [0.3, 0.4) is 0 Å². The van der Waals surface area contributed by atoms with Crippen molar-refractivity contribution in [3.05, 3.63) is 18.3 Å². The van der Waals surface area contributed by atoms with Crippen molar-refractivity contribution in [2.45, 2.75) is 25.7 Å². The van der Waals surface area contributed by atoms with Crippen LogP contribution in [0.5, 0.6) is 0 Å². The fraction of sp³-hybridized carbons (Fsp3) is 0.583. The Labute approximate surface area is 101 Å². The Morgan fingerprint density at radius 2 is 2.53 bits per heavy atom. The summed E-state index contributed by atoms with van der Waals surface area (Å²) >= 11 is 0. The molecule has 0 saturated carbocycles. The number of carbonyl (C=O) groups is 1. The Hall–Kier alpha value is -1.49. The standard InChI is InChI=1S/C12H18N4O/c17-12(15-11-4-2-8-14-16-11)6-5-10-3-1-7-13-9-10/h2,4,8,10,13H,1,3,5-7,9H2,(H,15,16,17). The maximum absolute atomic E-state index is 11.7. The van der Waals surface area contributed by atoms with E-state index in [2.05, 4.69) is 20.8 Å². The highest BCUT2D eigenvalue weighted by Gasteiger charge is 2.14. The van der Waals surface area contributed by atoms with Gasteiger partial charge in [0.1, 0.15) is 0 Å². The topological polar surface area (TPSA) is 66.9 Å². The monoisotopic (exact) mass is 234 g/mol. The summed E-state index contributed by atoms with van der Waals surface area (Å²) in [6.45, 7) is 2.15. The lowest BCUT2D eigenvalue weighted by molar-refractivity contribution is -0.116. The van der Waals surface area contributed by atoms with Crippen LogP contribution in [-0.4, -0.2) is 29.2 Å². The molecule has 0 aromatic carbocycles. The molecule has 1 amide bonds. The SMILES string of the molecule is O=C(CCC1CCCNC1)Nc1cccnn1. The zero-order chi connectivity index (χ0) is 11.9. The molecular weight excluding hydrogens is 216 g/mol. The van der Waals surface area contributed by atoms with Gasteiger partial charge in [0.05, 0.1) is 0 Å². The molecule has 0 radical (unpaired) electrons. The van der Waals surface area contributed by atoms with Gasteiger partial charge in [-0.3, -0.25) is 4.79 Å². The summed E-state index contributed by atoms with van der Waals surface area (Å²) in [6.07, 6.45) is 5.53. The van der Waals surface area contributed by atoms with Gasteiger partial charge in [-0.1, -0.05) is 0 Å². The molecule has 1 aliphatic heterocycles. The lowest BCUT2D eigenvalue weighted by Gasteiger charge is -2.22. The van der Waals surface area contributed by atoms with Crippen molar-refractivity contribution in [2.75, 3.05) is 18.4 Å². The van der Waals surface area contributed by atoms with Crippen LogP contribution in [0, 0.1) is 5.92 Å². The number of hydrogen-bond acceptors (Lipinski definition) is 4. The Balaban J connectivity index is 1.70. The molecule has 5 heteroatoms. The van der Waals surface area contributed by atoms with E-state index in [-0.39, 0.29) is 5.91 Å². The predicted molar refractivity (Wildman–Crippen MR) is 65.5 cm³/mol. The molecule has 5 nitrogen and oxygen atoms in total. The zero-order valence-electron chi connectivity index (χ0n) is 9.85. The van der Waals surface area contributed by atoms with Crippen LogP contribution in [0.25, 0.3) is 0 Å². The van der Waals surface area contributed by atoms with Gasteiger partial charge in [-0.05, 0) is 50.4 Å². The highest BCUT2D eigenvalue weighted by molar-refractivity contribution is 5.89. The number of carbonyl (C=O) groups excluding carboxylic acids is 1. The van der Waals surface area contributed by atoms with Crippen molar-refractivity contribution in [1.82, 2.24) is 15.5 Å².